The predicted octanol–water partition coefficient (Wildman–Crippen LogP) is 3.29. The zero-order valence-corrected chi connectivity index (χ0v) is 12.4. The largest absolute Gasteiger partial charge is 0.313 e. The van der Waals surface area contributed by atoms with Crippen LogP contribution in [0.3, 0.4) is 0 Å². The Bertz CT molecular complexity index is 380. The summed E-state index contributed by atoms with van der Waals surface area (Å²) < 4.78 is 1.08. The molecule has 0 atom stereocenters. The SMILES string of the molecule is CN(CCNC1CC1)Cc1cc(Br)ccc1Cl. The minimum atomic E-state index is 0.790. The van der Waals surface area contributed by atoms with E-state index >= 15 is 0 Å². The summed E-state index contributed by atoms with van der Waals surface area (Å²) in [6, 6.07) is 6.79. The summed E-state index contributed by atoms with van der Waals surface area (Å²) in [6.45, 7) is 3.01. The van der Waals surface area contributed by atoms with E-state index in [4.69, 9.17) is 11.6 Å². The molecule has 1 fully saturated rings. The normalized spacial score (nSPS) is 15.5. The van der Waals surface area contributed by atoms with Crippen LogP contribution in [0.15, 0.2) is 22.7 Å². The molecule has 1 aliphatic carbocycles. The average Bonchev–Trinajstić information content (AvgIpc) is 3.07. The van der Waals surface area contributed by atoms with Gasteiger partial charge in [0.25, 0.3) is 0 Å². The van der Waals surface area contributed by atoms with Gasteiger partial charge < -0.3 is 10.2 Å². The second-order valence-corrected chi connectivity index (χ2v) is 6.02. The highest BCUT2D eigenvalue weighted by atomic mass is 79.9. The lowest BCUT2D eigenvalue weighted by Crippen LogP contribution is -2.30. The Morgan fingerprint density at radius 3 is 2.94 bits per heavy atom. The topological polar surface area (TPSA) is 15.3 Å². The zero-order chi connectivity index (χ0) is 12.3. The van der Waals surface area contributed by atoms with E-state index in [-0.39, 0.29) is 0 Å². The first kappa shape index (κ1) is 13.3. The molecule has 0 aliphatic heterocycles. The molecule has 2 nitrogen and oxygen atoms in total. The van der Waals surface area contributed by atoms with Crippen molar-refractivity contribution < 1.29 is 0 Å². The van der Waals surface area contributed by atoms with E-state index in [0.29, 0.717) is 0 Å². The van der Waals surface area contributed by atoms with Gasteiger partial charge in [0.05, 0.1) is 0 Å². The molecule has 0 spiro atoms. The molecule has 94 valence electrons. The van der Waals surface area contributed by atoms with Crippen molar-refractivity contribution in [3.8, 4) is 0 Å². The van der Waals surface area contributed by atoms with Crippen molar-refractivity contribution in [2.45, 2.75) is 25.4 Å². The third kappa shape index (κ3) is 4.59. The molecule has 0 aromatic heterocycles. The highest BCUT2D eigenvalue weighted by molar-refractivity contribution is 9.10. The second kappa shape index (κ2) is 6.19. The van der Waals surface area contributed by atoms with Crippen molar-refractivity contribution in [2.75, 3.05) is 20.1 Å². The van der Waals surface area contributed by atoms with E-state index in [1.807, 2.05) is 12.1 Å². The van der Waals surface area contributed by atoms with Crippen molar-refractivity contribution >= 4 is 27.5 Å². The van der Waals surface area contributed by atoms with Crippen LogP contribution in [0.2, 0.25) is 5.02 Å². The smallest absolute Gasteiger partial charge is 0.0451 e. The fourth-order valence-electron chi connectivity index (χ4n) is 1.78. The number of hydrogen-bond donors (Lipinski definition) is 1. The Morgan fingerprint density at radius 1 is 1.47 bits per heavy atom. The van der Waals surface area contributed by atoms with Gasteiger partial charge in [0.15, 0.2) is 0 Å². The van der Waals surface area contributed by atoms with Crippen LogP contribution in [-0.2, 0) is 6.54 Å². The summed E-state index contributed by atoms with van der Waals surface area (Å²) in [4.78, 5) is 2.29. The Balaban J connectivity index is 1.79. The minimum absolute atomic E-state index is 0.790. The van der Waals surface area contributed by atoms with E-state index in [0.717, 1.165) is 35.2 Å². The van der Waals surface area contributed by atoms with Crippen molar-refractivity contribution in [1.29, 1.82) is 0 Å². The fourth-order valence-corrected chi connectivity index (χ4v) is 2.37. The molecule has 1 N–H and O–H groups in total. The van der Waals surface area contributed by atoms with Gasteiger partial charge in [-0.2, -0.15) is 0 Å². The van der Waals surface area contributed by atoms with Gasteiger partial charge in [0, 0.05) is 35.2 Å². The lowest BCUT2D eigenvalue weighted by atomic mass is 10.2. The number of nitrogens with zero attached hydrogens (tertiary/aromatic N) is 1. The second-order valence-electron chi connectivity index (χ2n) is 4.70. The Kier molecular flexibility index (Phi) is 4.86. The van der Waals surface area contributed by atoms with Crippen LogP contribution in [0.4, 0.5) is 0 Å². The molecule has 0 heterocycles. The van der Waals surface area contributed by atoms with Crippen LogP contribution in [0.1, 0.15) is 18.4 Å². The van der Waals surface area contributed by atoms with Crippen molar-refractivity contribution in [2.24, 2.45) is 0 Å². The maximum absolute atomic E-state index is 6.17. The summed E-state index contributed by atoms with van der Waals surface area (Å²) in [6.07, 6.45) is 2.70. The molecule has 0 bridgehead atoms. The molecule has 17 heavy (non-hydrogen) atoms. The van der Waals surface area contributed by atoms with E-state index in [9.17, 15) is 0 Å². The molecule has 0 radical (unpaired) electrons. The van der Waals surface area contributed by atoms with Gasteiger partial charge in [-0.05, 0) is 43.7 Å². The standard InChI is InChI=1S/C13H18BrClN2/c1-17(7-6-16-12-3-4-12)9-10-8-11(14)2-5-13(10)15/h2,5,8,12,16H,3-4,6-7,9H2,1H3. The van der Waals surface area contributed by atoms with Crippen LogP contribution in [-0.4, -0.2) is 31.1 Å². The summed E-state index contributed by atoms with van der Waals surface area (Å²) in [5.74, 6) is 0. The van der Waals surface area contributed by atoms with Crippen molar-refractivity contribution in [3.63, 3.8) is 0 Å². The van der Waals surface area contributed by atoms with Gasteiger partial charge in [-0.25, -0.2) is 0 Å². The quantitative estimate of drug-likeness (QED) is 0.866. The predicted molar refractivity (Wildman–Crippen MR) is 76.5 cm³/mol. The highest BCUT2D eigenvalue weighted by Crippen LogP contribution is 2.22. The molecule has 1 saturated carbocycles. The van der Waals surface area contributed by atoms with E-state index in [1.165, 1.54) is 18.4 Å². The van der Waals surface area contributed by atoms with E-state index in [1.54, 1.807) is 0 Å². The molecule has 2 rings (SSSR count). The maximum atomic E-state index is 6.17. The number of hydrogen-bond acceptors (Lipinski definition) is 2. The van der Waals surface area contributed by atoms with E-state index < -0.39 is 0 Å². The van der Waals surface area contributed by atoms with Crippen LogP contribution < -0.4 is 5.32 Å². The molecule has 0 amide bonds. The van der Waals surface area contributed by atoms with Gasteiger partial charge >= 0.3 is 0 Å². The van der Waals surface area contributed by atoms with Crippen molar-refractivity contribution in [3.05, 3.63) is 33.3 Å². The molecule has 1 aromatic rings. The highest BCUT2D eigenvalue weighted by Gasteiger charge is 2.19. The van der Waals surface area contributed by atoms with Gasteiger partial charge in [0.2, 0.25) is 0 Å². The third-order valence-corrected chi connectivity index (χ3v) is 3.81. The molecular weight excluding hydrogens is 300 g/mol. The number of rotatable bonds is 6. The number of likely N-dealkylation sites (N-methyl/N-ethyl adjacent to an activating group) is 1. The van der Waals surface area contributed by atoms with E-state index in [2.05, 4.69) is 39.3 Å². The third-order valence-electron chi connectivity index (χ3n) is 2.95. The molecular formula is C13H18BrClN2. The zero-order valence-electron chi connectivity index (χ0n) is 10.0. The molecule has 0 unspecified atom stereocenters. The first-order chi connectivity index (χ1) is 8.15. The van der Waals surface area contributed by atoms with Crippen LogP contribution in [0.5, 0.6) is 0 Å². The average molecular weight is 318 g/mol. The maximum Gasteiger partial charge on any atom is 0.0451 e. The Hall–Kier alpha value is -0.0900. The summed E-state index contributed by atoms with van der Waals surface area (Å²) in [5.41, 5.74) is 1.18. The Labute approximate surface area is 116 Å². The molecule has 4 heteroatoms. The molecule has 0 saturated heterocycles. The summed E-state index contributed by atoms with van der Waals surface area (Å²) in [5, 5.41) is 4.36. The monoisotopic (exact) mass is 316 g/mol. The fraction of sp³-hybridized carbons (Fsp3) is 0.538. The number of halogens is 2. The number of benzene rings is 1. The van der Waals surface area contributed by atoms with Crippen molar-refractivity contribution in [1.82, 2.24) is 10.2 Å². The van der Waals surface area contributed by atoms with Gasteiger partial charge in [0.1, 0.15) is 0 Å². The number of nitrogens with one attached hydrogen (secondary N) is 1. The molecule has 1 aliphatic rings. The first-order valence-corrected chi connectivity index (χ1v) is 7.18. The lowest BCUT2D eigenvalue weighted by molar-refractivity contribution is 0.324. The minimum Gasteiger partial charge on any atom is -0.313 e. The first-order valence-electron chi connectivity index (χ1n) is 6.01. The van der Waals surface area contributed by atoms with Gasteiger partial charge in [-0.3, -0.25) is 0 Å². The van der Waals surface area contributed by atoms with Crippen LogP contribution >= 0.6 is 27.5 Å². The summed E-state index contributed by atoms with van der Waals surface area (Å²) in [7, 11) is 2.13. The molecule has 1 aromatic carbocycles. The van der Waals surface area contributed by atoms with Crippen LogP contribution in [0.25, 0.3) is 0 Å². The van der Waals surface area contributed by atoms with Gasteiger partial charge in [-0.1, -0.05) is 27.5 Å². The summed E-state index contributed by atoms with van der Waals surface area (Å²) >= 11 is 9.65. The Morgan fingerprint density at radius 2 is 2.24 bits per heavy atom. The van der Waals surface area contributed by atoms with Crippen LogP contribution in [0, 0.1) is 0 Å². The van der Waals surface area contributed by atoms with Gasteiger partial charge in [-0.15, -0.1) is 0 Å². The lowest BCUT2D eigenvalue weighted by Gasteiger charge is -2.18.